The fourth-order valence-electron chi connectivity index (χ4n) is 1.90. The van der Waals surface area contributed by atoms with Crippen molar-refractivity contribution in [2.24, 2.45) is 0 Å². The van der Waals surface area contributed by atoms with Gasteiger partial charge in [-0.25, -0.2) is 0 Å². The number of nitrogens with one attached hydrogen (secondary N) is 1. The van der Waals surface area contributed by atoms with E-state index in [-0.39, 0.29) is 5.91 Å². The molecule has 0 unspecified atom stereocenters. The Morgan fingerprint density at radius 2 is 2.00 bits per heavy atom. The van der Waals surface area contributed by atoms with Gasteiger partial charge in [0.2, 0.25) is 5.91 Å². The van der Waals surface area contributed by atoms with Crippen LogP contribution in [0.2, 0.25) is 0 Å². The topological polar surface area (TPSA) is 38.3 Å². The average Bonchev–Trinajstić information content (AvgIpc) is 2.55. The maximum Gasteiger partial charge on any atom is 0.248 e. The molecule has 2 rings (SSSR count). The van der Waals surface area contributed by atoms with Crippen LogP contribution in [0.3, 0.4) is 0 Å². The lowest BCUT2D eigenvalue weighted by atomic mass is 10.2. The minimum atomic E-state index is -0.146. The monoisotopic (exact) mass is 313 g/mol. The van der Waals surface area contributed by atoms with Crippen LogP contribution in [-0.2, 0) is 4.79 Å². The number of thioether (sulfide) groups is 1. The lowest BCUT2D eigenvalue weighted by molar-refractivity contribution is -0.111. The largest absolute Gasteiger partial charge is 0.494 e. The van der Waals surface area contributed by atoms with E-state index in [9.17, 15) is 4.79 Å². The smallest absolute Gasteiger partial charge is 0.248 e. The highest BCUT2D eigenvalue weighted by atomic mass is 32.2. The highest BCUT2D eigenvalue weighted by Crippen LogP contribution is 2.19. The van der Waals surface area contributed by atoms with E-state index in [0.29, 0.717) is 6.61 Å². The summed E-state index contributed by atoms with van der Waals surface area (Å²) in [4.78, 5) is 13.0. The summed E-state index contributed by atoms with van der Waals surface area (Å²) in [6, 6.07) is 15.4. The van der Waals surface area contributed by atoms with Crippen molar-refractivity contribution in [3.63, 3.8) is 0 Å². The maximum atomic E-state index is 11.9. The number of carbonyl (C=O) groups excluding carboxylic acids is 1. The van der Waals surface area contributed by atoms with Gasteiger partial charge in [0.05, 0.1) is 6.61 Å². The second-order valence-corrected chi connectivity index (χ2v) is 5.44. The van der Waals surface area contributed by atoms with Crippen molar-refractivity contribution in [2.45, 2.75) is 11.8 Å². The van der Waals surface area contributed by atoms with Gasteiger partial charge < -0.3 is 10.1 Å². The summed E-state index contributed by atoms with van der Waals surface area (Å²) in [7, 11) is 0. The van der Waals surface area contributed by atoms with E-state index >= 15 is 0 Å². The van der Waals surface area contributed by atoms with E-state index in [4.69, 9.17) is 4.74 Å². The molecule has 22 heavy (non-hydrogen) atoms. The third kappa shape index (κ3) is 4.97. The number of amides is 1. The fraction of sp³-hybridized carbons (Fsp3) is 0.167. The molecule has 0 spiro atoms. The van der Waals surface area contributed by atoms with Crippen LogP contribution in [0.15, 0.2) is 59.5 Å². The van der Waals surface area contributed by atoms with Crippen LogP contribution in [0.4, 0.5) is 5.69 Å². The standard InChI is InChI=1S/C18H19NO2S/c1-3-21-16-10-7-14(8-11-16)9-12-18(20)19-15-5-4-6-17(13-15)22-2/h4-13H,3H2,1-2H3,(H,19,20)/b12-9+. The van der Waals surface area contributed by atoms with Crippen molar-refractivity contribution in [1.29, 1.82) is 0 Å². The van der Waals surface area contributed by atoms with Gasteiger partial charge in [0, 0.05) is 16.7 Å². The molecular weight excluding hydrogens is 294 g/mol. The first-order chi connectivity index (χ1) is 10.7. The molecule has 114 valence electrons. The van der Waals surface area contributed by atoms with Crippen molar-refractivity contribution in [1.82, 2.24) is 0 Å². The summed E-state index contributed by atoms with van der Waals surface area (Å²) in [6.07, 6.45) is 5.32. The van der Waals surface area contributed by atoms with Crippen LogP contribution >= 0.6 is 11.8 Å². The highest BCUT2D eigenvalue weighted by Gasteiger charge is 1.99. The first-order valence-corrected chi connectivity index (χ1v) is 8.29. The molecule has 0 aliphatic heterocycles. The van der Waals surface area contributed by atoms with E-state index in [1.165, 1.54) is 6.08 Å². The second kappa shape index (κ2) is 8.29. The summed E-state index contributed by atoms with van der Waals surface area (Å²) in [5.41, 5.74) is 1.75. The van der Waals surface area contributed by atoms with Crippen molar-refractivity contribution in [2.75, 3.05) is 18.2 Å². The predicted molar refractivity (Wildman–Crippen MR) is 93.5 cm³/mol. The van der Waals surface area contributed by atoms with Gasteiger partial charge in [0.15, 0.2) is 0 Å². The molecule has 0 radical (unpaired) electrons. The van der Waals surface area contributed by atoms with Crippen LogP contribution in [0.25, 0.3) is 6.08 Å². The fourth-order valence-corrected chi connectivity index (χ4v) is 2.36. The number of hydrogen-bond acceptors (Lipinski definition) is 3. The third-order valence-electron chi connectivity index (χ3n) is 2.96. The normalized spacial score (nSPS) is 10.6. The Bertz CT molecular complexity index is 650. The number of anilines is 1. The minimum absolute atomic E-state index is 0.146. The predicted octanol–water partition coefficient (Wildman–Crippen LogP) is 4.46. The number of benzene rings is 2. The Morgan fingerprint density at radius 3 is 2.68 bits per heavy atom. The lowest BCUT2D eigenvalue weighted by Crippen LogP contribution is -2.07. The van der Waals surface area contributed by atoms with Gasteiger partial charge in [0.1, 0.15) is 5.75 Å². The van der Waals surface area contributed by atoms with Gasteiger partial charge in [-0.05, 0) is 55.2 Å². The summed E-state index contributed by atoms with van der Waals surface area (Å²) in [5.74, 6) is 0.685. The Kier molecular flexibility index (Phi) is 6.10. The van der Waals surface area contributed by atoms with Gasteiger partial charge in [-0.2, -0.15) is 0 Å². The zero-order valence-corrected chi connectivity index (χ0v) is 13.5. The zero-order chi connectivity index (χ0) is 15.8. The van der Waals surface area contributed by atoms with E-state index in [1.54, 1.807) is 17.8 Å². The SMILES string of the molecule is CCOc1ccc(/C=C/C(=O)Nc2cccc(SC)c2)cc1. The molecule has 3 nitrogen and oxygen atoms in total. The summed E-state index contributed by atoms with van der Waals surface area (Å²) in [6.45, 7) is 2.59. The molecule has 0 aliphatic carbocycles. The molecule has 0 saturated heterocycles. The van der Waals surface area contributed by atoms with Crippen LogP contribution in [0.1, 0.15) is 12.5 Å². The molecule has 0 atom stereocenters. The van der Waals surface area contributed by atoms with Crippen LogP contribution in [-0.4, -0.2) is 18.8 Å². The zero-order valence-electron chi connectivity index (χ0n) is 12.7. The summed E-state index contributed by atoms with van der Waals surface area (Å²) >= 11 is 1.64. The number of rotatable bonds is 6. The maximum absolute atomic E-state index is 11.9. The first kappa shape index (κ1) is 16.2. The van der Waals surface area contributed by atoms with Crippen LogP contribution in [0, 0.1) is 0 Å². The molecule has 0 fully saturated rings. The second-order valence-electron chi connectivity index (χ2n) is 4.56. The molecule has 0 bridgehead atoms. The molecule has 0 aromatic heterocycles. The molecule has 4 heteroatoms. The molecule has 1 N–H and O–H groups in total. The Morgan fingerprint density at radius 1 is 1.23 bits per heavy atom. The summed E-state index contributed by atoms with van der Waals surface area (Å²) in [5, 5.41) is 2.85. The molecule has 1 amide bonds. The molecule has 0 saturated carbocycles. The molecule has 2 aromatic rings. The molecule has 0 aliphatic rings. The van der Waals surface area contributed by atoms with Crippen molar-refractivity contribution >= 4 is 29.4 Å². The van der Waals surface area contributed by atoms with E-state index in [0.717, 1.165) is 21.9 Å². The van der Waals surface area contributed by atoms with Crippen molar-refractivity contribution in [3.05, 3.63) is 60.2 Å². The summed E-state index contributed by atoms with van der Waals surface area (Å²) < 4.78 is 5.38. The van der Waals surface area contributed by atoms with E-state index in [1.807, 2.05) is 61.7 Å². The van der Waals surface area contributed by atoms with Gasteiger partial charge in [-0.15, -0.1) is 11.8 Å². The van der Waals surface area contributed by atoms with E-state index < -0.39 is 0 Å². The number of ether oxygens (including phenoxy) is 1. The highest BCUT2D eigenvalue weighted by molar-refractivity contribution is 7.98. The quantitative estimate of drug-likeness (QED) is 0.632. The van der Waals surface area contributed by atoms with E-state index in [2.05, 4.69) is 5.32 Å². The molecule has 2 aromatic carbocycles. The van der Waals surface area contributed by atoms with Crippen LogP contribution < -0.4 is 10.1 Å². The Labute approximate surface area is 135 Å². The first-order valence-electron chi connectivity index (χ1n) is 7.07. The van der Waals surface area contributed by atoms with Crippen molar-refractivity contribution in [3.8, 4) is 5.75 Å². The van der Waals surface area contributed by atoms with Gasteiger partial charge in [0.25, 0.3) is 0 Å². The Hall–Kier alpha value is -2.20. The Balaban J connectivity index is 1.95. The van der Waals surface area contributed by atoms with Crippen LogP contribution in [0.5, 0.6) is 5.75 Å². The van der Waals surface area contributed by atoms with Gasteiger partial charge in [-0.1, -0.05) is 18.2 Å². The number of carbonyl (C=O) groups is 1. The average molecular weight is 313 g/mol. The number of hydrogen-bond donors (Lipinski definition) is 1. The van der Waals surface area contributed by atoms with Crippen molar-refractivity contribution < 1.29 is 9.53 Å². The molecular formula is C18H19NO2S. The van der Waals surface area contributed by atoms with Gasteiger partial charge >= 0.3 is 0 Å². The van der Waals surface area contributed by atoms with Gasteiger partial charge in [-0.3, -0.25) is 4.79 Å². The minimum Gasteiger partial charge on any atom is -0.494 e. The lowest BCUT2D eigenvalue weighted by Gasteiger charge is -2.04. The molecule has 0 heterocycles. The third-order valence-corrected chi connectivity index (χ3v) is 3.68.